The fraction of sp³-hybridized carbons (Fsp3) is 0.727. The van der Waals surface area contributed by atoms with Crippen LogP contribution < -0.4 is 0 Å². The molecule has 0 aromatic heterocycles. The first-order valence-corrected chi connectivity index (χ1v) is 9.99. The van der Waals surface area contributed by atoms with Crippen LogP contribution in [0.15, 0.2) is 23.3 Å². The van der Waals surface area contributed by atoms with E-state index in [4.69, 9.17) is 0 Å². The summed E-state index contributed by atoms with van der Waals surface area (Å²) < 4.78 is 0. The Hall–Kier alpha value is -1.26. The highest BCUT2D eigenvalue weighted by atomic mass is 16.3. The number of aliphatic hydroxyl groups excluding tert-OH is 1. The van der Waals surface area contributed by atoms with Crippen LogP contribution in [0, 0.1) is 28.6 Å². The van der Waals surface area contributed by atoms with Gasteiger partial charge in [-0.15, -0.1) is 0 Å². The number of carbonyl (C=O) groups is 2. The fourth-order valence-electron chi connectivity index (χ4n) is 6.92. The first-order valence-electron chi connectivity index (χ1n) is 9.99. The van der Waals surface area contributed by atoms with Gasteiger partial charge in [-0.1, -0.05) is 38.0 Å². The van der Waals surface area contributed by atoms with Gasteiger partial charge in [0.15, 0.2) is 11.6 Å². The molecular formula is C22H30O4. The number of fused-ring (bicyclic) bond motifs is 5. The maximum atomic E-state index is 12.5. The molecule has 4 aliphatic carbocycles. The van der Waals surface area contributed by atoms with E-state index in [-0.39, 0.29) is 23.0 Å². The second-order valence-electron chi connectivity index (χ2n) is 9.49. The molecule has 0 saturated heterocycles. The summed E-state index contributed by atoms with van der Waals surface area (Å²) in [6.45, 7) is 5.67. The Morgan fingerprint density at radius 2 is 2.04 bits per heavy atom. The van der Waals surface area contributed by atoms with Crippen LogP contribution in [0.2, 0.25) is 0 Å². The van der Waals surface area contributed by atoms with Gasteiger partial charge in [0.05, 0.1) is 0 Å². The van der Waals surface area contributed by atoms with Gasteiger partial charge >= 0.3 is 0 Å². The second-order valence-corrected chi connectivity index (χ2v) is 9.49. The molecule has 0 spiro atoms. The van der Waals surface area contributed by atoms with Gasteiger partial charge in [0.2, 0.25) is 0 Å². The molecule has 0 aromatic carbocycles. The quantitative estimate of drug-likeness (QED) is 0.744. The van der Waals surface area contributed by atoms with Crippen LogP contribution in [0.3, 0.4) is 0 Å². The normalized spacial score (nSPS) is 47.4. The van der Waals surface area contributed by atoms with Gasteiger partial charge in [-0.3, -0.25) is 9.59 Å². The Kier molecular flexibility index (Phi) is 3.92. The average molecular weight is 358 g/mol. The Morgan fingerprint density at radius 1 is 1.31 bits per heavy atom. The lowest BCUT2D eigenvalue weighted by molar-refractivity contribution is -0.161. The van der Waals surface area contributed by atoms with E-state index in [1.807, 2.05) is 19.9 Å². The van der Waals surface area contributed by atoms with E-state index in [1.54, 1.807) is 0 Å². The van der Waals surface area contributed by atoms with E-state index >= 15 is 0 Å². The average Bonchev–Trinajstić information content (AvgIpc) is 2.83. The van der Waals surface area contributed by atoms with Crippen molar-refractivity contribution < 1.29 is 19.8 Å². The van der Waals surface area contributed by atoms with Crippen molar-refractivity contribution in [3.05, 3.63) is 23.3 Å². The van der Waals surface area contributed by atoms with Crippen molar-refractivity contribution >= 4 is 11.6 Å². The molecule has 0 heterocycles. The Balaban J connectivity index is 1.78. The van der Waals surface area contributed by atoms with Crippen molar-refractivity contribution in [3.8, 4) is 0 Å². The van der Waals surface area contributed by atoms with Crippen LogP contribution in [0.5, 0.6) is 0 Å². The van der Waals surface area contributed by atoms with Crippen LogP contribution in [0.25, 0.3) is 0 Å². The van der Waals surface area contributed by atoms with Crippen LogP contribution in [-0.4, -0.2) is 34.0 Å². The molecule has 2 fully saturated rings. The third-order valence-corrected chi connectivity index (χ3v) is 8.49. The molecule has 26 heavy (non-hydrogen) atoms. The third-order valence-electron chi connectivity index (χ3n) is 8.49. The molecule has 0 bridgehead atoms. The summed E-state index contributed by atoms with van der Waals surface area (Å²) >= 11 is 0. The smallest absolute Gasteiger partial charge is 0.190 e. The highest BCUT2D eigenvalue weighted by Gasteiger charge is 2.67. The lowest BCUT2D eigenvalue weighted by Gasteiger charge is -2.54. The molecule has 0 radical (unpaired) electrons. The van der Waals surface area contributed by atoms with E-state index in [2.05, 4.69) is 13.0 Å². The first kappa shape index (κ1) is 18.1. The minimum absolute atomic E-state index is 0.0386. The Morgan fingerprint density at radius 3 is 2.73 bits per heavy atom. The summed E-state index contributed by atoms with van der Waals surface area (Å²) in [5.74, 6) is 0.260. The van der Waals surface area contributed by atoms with Gasteiger partial charge in [-0.25, -0.2) is 0 Å². The van der Waals surface area contributed by atoms with Crippen LogP contribution in [0.1, 0.15) is 59.3 Å². The number of rotatable bonds is 2. The van der Waals surface area contributed by atoms with Crippen LogP contribution in [0.4, 0.5) is 0 Å². The summed E-state index contributed by atoms with van der Waals surface area (Å²) in [4.78, 5) is 24.4. The highest BCUT2D eigenvalue weighted by molar-refractivity contribution is 5.92. The van der Waals surface area contributed by atoms with E-state index in [9.17, 15) is 19.8 Å². The number of allylic oxidation sites excluding steroid dienone is 4. The third kappa shape index (κ3) is 2.03. The zero-order chi connectivity index (χ0) is 18.9. The van der Waals surface area contributed by atoms with Crippen molar-refractivity contribution in [1.29, 1.82) is 0 Å². The van der Waals surface area contributed by atoms with Crippen molar-refractivity contribution in [2.75, 3.05) is 6.61 Å². The van der Waals surface area contributed by atoms with Crippen molar-refractivity contribution in [1.82, 2.24) is 0 Å². The van der Waals surface area contributed by atoms with E-state index in [1.165, 1.54) is 11.1 Å². The SMILES string of the molecule is C[C@H]1CC2C3CCC4=CC(=O)CC[C@]4(C)C3=CCC2(C)[C@@]1(O)C(=O)CO. The number of ketones is 2. The Bertz CT molecular complexity index is 734. The molecule has 4 rings (SSSR count). The van der Waals surface area contributed by atoms with Gasteiger partial charge in [-0.2, -0.15) is 0 Å². The number of aliphatic hydroxyl groups is 2. The van der Waals surface area contributed by atoms with Crippen molar-refractivity contribution in [2.45, 2.75) is 64.9 Å². The predicted molar refractivity (Wildman–Crippen MR) is 98.3 cm³/mol. The molecule has 3 unspecified atom stereocenters. The molecular weight excluding hydrogens is 328 g/mol. The van der Waals surface area contributed by atoms with Gasteiger partial charge in [0.1, 0.15) is 12.2 Å². The van der Waals surface area contributed by atoms with E-state index < -0.39 is 23.4 Å². The van der Waals surface area contributed by atoms with E-state index in [0.717, 1.165) is 25.7 Å². The summed E-state index contributed by atoms with van der Waals surface area (Å²) in [7, 11) is 0. The molecule has 2 N–H and O–H groups in total. The predicted octanol–water partition coefficient (Wildman–Crippen LogP) is 2.98. The molecule has 0 amide bonds. The molecule has 2 saturated carbocycles. The summed E-state index contributed by atoms with van der Waals surface area (Å²) in [5.41, 5.74) is 0.685. The van der Waals surface area contributed by atoms with Gasteiger partial charge in [0, 0.05) is 17.3 Å². The molecule has 4 aliphatic rings. The molecule has 6 atom stereocenters. The zero-order valence-corrected chi connectivity index (χ0v) is 16.0. The Labute approximate surface area is 155 Å². The minimum Gasteiger partial charge on any atom is -0.388 e. The number of hydrogen-bond acceptors (Lipinski definition) is 4. The standard InChI is InChI=1S/C22H30O4/c1-13-10-18-16-5-4-14-11-15(24)6-8-20(14,2)17(16)7-9-21(18,3)22(13,26)19(25)12-23/h7,11,13,16,18,23,26H,4-6,8-10,12H2,1-3H3/t13-,16?,18?,20-,21?,22-/m0/s1. The van der Waals surface area contributed by atoms with Gasteiger partial charge < -0.3 is 10.2 Å². The maximum Gasteiger partial charge on any atom is 0.190 e. The van der Waals surface area contributed by atoms with Crippen LogP contribution in [-0.2, 0) is 9.59 Å². The molecule has 0 aliphatic heterocycles. The minimum atomic E-state index is -1.45. The van der Waals surface area contributed by atoms with Gasteiger partial charge in [-0.05, 0) is 55.9 Å². The van der Waals surface area contributed by atoms with E-state index in [0.29, 0.717) is 18.8 Å². The summed E-state index contributed by atoms with van der Waals surface area (Å²) in [6.07, 6.45) is 9.00. The summed E-state index contributed by atoms with van der Waals surface area (Å²) in [6, 6.07) is 0. The molecule has 142 valence electrons. The van der Waals surface area contributed by atoms with Gasteiger partial charge in [0.25, 0.3) is 0 Å². The fourth-order valence-corrected chi connectivity index (χ4v) is 6.92. The summed E-state index contributed by atoms with van der Waals surface area (Å²) in [5, 5.41) is 20.9. The zero-order valence-electron chi connectivity index (χ0n) is 16.0. The second kappa shape index (κ2) is 5.62. The number of hydrogen-bond donors (Lipinski definition) is 2. The maximum absolute atomic E-state index is 12.5. The van der Waals surface area contributed by atoms with Crippen LogP contribution >= 0.6 is 0 Å². The lowest BCUT2D eigenvalue weighted by atomic mass is 9.50. The lowest BCUT2D eigenvalue weighted by Crippen LogP contribution is -2.57. The molecule has 4 heteroatoms. The first-order chi connectivity index (χ1) is 12.2. The molecule has 0 aromatic rings. The van der Waals surface area contributed by atoms with Crippen molar-refractivity contribution in [2.24, 2.45) is 28.6 Å². The highest BCUT2D eigenvalue weighted by Crippen LogP contribution is 2.66. The number of carbonyl (C=O) groups excluding carboxylic acids is 2. The number of Topliss-reactive ketones (excluding diaryl/α,β-unsaturated/α-hetero) is 1. The van der Waals surface area contributed by atoms with Crippen molar-refractivity contribution in [3.63, 3.8) is 0 Å². The largest absolute Gasteiger partial charge is 0.388 e. The molecule has 4 nitrogen and oxygen atoms in total. The monoisotopic (exact) mass is 358 g/mol. The topological polar surface area (TPSA) is 74.6 Å².